The number of hydrogen-bond donors (Lipinski definition) is 1. The fourth-order valence-electron chi connectivity index (χ4n) is 1.58. The molecule has 0 aromatic carbocycles. The topological polar surface area (TPSA) is 67.3 Å². The quantitative estimate of drug-likeness (QED) is 0.585. The van der Waals surface area contributed by atoms with E-state index in [2.05, 4.69) is 0 Å². The summed E-state index contributed by atoms with van der Waals surface area (Å²) in [4.78, 5) is 10.3. The van der Waals surface area contributed by atoms with Crippen LogP contribution in [0, 0.1) is 0 Å². The van der Waals surface area contributed by atoms with Gasteiger partial charge in [0.15, 0.2) is 6.54 Å². The van der Waals surface area contributed by atoms with Gasteiger partial charge < -0.3 is 15.1 Å². The summed E-state index contributed by atoms with van der Waals surface area (Å²) in [6.07, 6.45) is 2.37. The molecule has 0 aromatic rings. The highest BCUT2D eigenvalue weighted by Gasteiger charge is 2.28. The van der Waals surface area contributed by atoms with Crippen LogP contribution in [0.4, 0.5) is 0 Å². The molecule has 66 valence electrons. The molecule has 4 nitrogen and oxygen atoms in total. The Morgan fingerprint density at radius 1 is 1.45 bits per heavy atom. The highest BCUT2D eigenvalue weighted by atomic mass is 16.4. The molecule has 1 saturated heterocycles. The van der Waals surface area contributed by atoms with Crippen molar-refractivity contribution >= 4 is 5.97 Å². The minimum Gasteiger partial charge on any atom is -0.870 e. The Hall–Kier alpha value is -0.610. The van der Waals surface area contributed by atoms with E-state index in [1.807, 2.05) is 7.05 Å². The van der Waals surface area contributed by atoms with Gasteiger partial charge in [-0.25, -0.2) is 4.79 Å². The largest absolute Gasteiger partial charge is 0.870 e. The predicted octanol–water partition coefficient (Wildman–Crippen LogP) is 0.135. The normalized spacial score (nSPS) is 20.8. The maximum atomic E-state index is 10.3. The van der Waals surface area contributed by atoms with Crippen molar-refractivity contribution in [1.82, 2.24) is 0 Å². The molecule has 1 rings (SSSR count). The molecular formula is C7H15NO3. The van der Waals surface area contributed by atoms with Crippen molar-refractivity contribution < 1.29 is 19.9 Å². The van der Waals surface area contributed by atoms with Gasteiger partial charge in [-0.2, -0.15) is 0 Å². The number of carbonyl (C=O) groups is 1. The Morgan fingerprint density at radius 3 is 2.27 bits per heavy atom. The van der Waals surface area contributed by atoms with Gasteiger partial charge in [-0.15, -0.1) is 0 Å². The molecular weight excluding hydrogens is 146 g/mol. The molecule has 0 saturated carbocycles. The second-order valence-electron chi connectivity index (χ2n) is 3.33. The molecule has 1 aliphatic rings. The lowest BCUT2D eigenvalue weighted by atomic mass is 10.4. The van der Waals surface area contributed by atoms with Crippen molar-refractivity contribution in [3.8, 4) is 0 Å². The van der Waals surface area contributed by atoms with Crippen molar-refractivity contribution in [2.45, 2.75) is 12.8 Å². The van der Waals surface area contributed by atoms with Crippen molar-refractivity contribution in [1.29, 1.82) is 0 Å². The second kappa shape index (κ2) is 3.69. The van der Waals surface area contributed by atoms with Crippen molar-refractivity contribution in [2.24, 2.45) is 0 Å². The molecule has 0 aromatic heterocycles. The van der Waals surface area contributed by atoms with Crippen LogP contribution in [0.2, 0.25) is 0 Å². The molecule has 0 aliphatic carbocycles. The standard InChI is InChI=1S/C7H13NO2.H2O/c1-8(6-7(9)10)4-2-3-5-8;/h2-6H2,1H3;1H2. The third-order valence-corrected chi connectivity index (χ3v) is 2.16. The van der Waals surface area contributed by atoms with Gasteiger partial charge in [0.2, 0.25) is 0 Å². The number of nitrogens with zero attached hydrogens (tertiary/aromatic N) is 1. The summed E-state index contributed by atoms with van der Waals surface area (Å²) in [6.45, 7) is 2.36. The zero-order valence-corrected chi connectivity index (χ0v) is 6.79. The first-order valence-corrected chi connectivity index (χ1v) is 3.68. The number of likely N-dealkylation sites (tertiary alicyclic amines) is 1. The average molecular weight is 161 g/mol. The van der Waals surface area contributed by atoms with Gasteiger partial charge in [0, 0.05) is 12.8 Å². The van der Waals surface area contributed by atoms with Gasteiger partial charge >= 0.3 is 5.97 Å². The van der Waals surface area contributed by atoms with Crippen molar-refractivity contribution in [2.75, 3.05) is 26.7 Å². The average Bonchev–Trinajstić information content (AvgIpc) is 2.12. The highest BCUT2D eigenvalue weighted by molar-refractivity contribution is 5.67. The lowest BCUT2D eigenvalue weighted by molar-refractivity contribution is -0.890. The van der Waals surface area contributed by atoms with Gasteiger partial charge in [-0.3, -0.25) is 0 Å². The van der Waals surface area contributed by atoms with E-state index >= 15 is 0 Å². The van der Waals surface area contributed by atoms with Crippen molar-refractivity contribution in [3.63, 3.8) is 0 Å². The van der Waals surface area contributed by atoms with E-state index in [9.17, 15) is 4.79 Å². The molecule has 1 heterocycles. The van der Waals surface area contributed by atoms with Crippen molar-refractivity contribution in [3.05, 3.63) is 0 Å². The number of hydrogen-bond acceptors (Lipinski definition) is 2. The summed E-state index contributed by atoms with van der Waals surface area (Å²) in [5.41, 5.74) is 0. The minimum absolute atomic E-state index is 0. The summed E-state index contributed by atoms with van der Waals surface area (Å²) >= 11 is 0. The molecule has 0 radical (unpaired) electrons. The van der Waals surface area contributed by atoms with Gasteiger partial charge in [-0.05, 0) is 0 Å². The van der Waals surface area contributed by atoms with E-state index in [0.717, 1.165) is 17.6 Å². The molecule has 0 unspecified atom stereocenters. The summed E-state index contributed by atoms with van der Waals surface area (Å²) in [6, 6.07) is 0. The molecule has 0 spiro atoms. The SMILES string of the molecule is C[N+]1(CC(=O)O)CCCC1.[OH-]. The molecule has 0 amide bonds. The molecule has 1 aliphatic heterocycles. The Kier molecular flexibility index (Phi) is 3.48. The van der Waals surface area contributed by atoms with E-state index < -0.39 is 5.97 Å². The summed E-state index contributed by atoms with van der Waals surface area (Å²) in [7, 11) is 2.02. The molecule has 11 heavy (non-hydrogen) atoms. The number of likely N-dealkylation sites (N-methyl/N-ethyl adjacent to an activating group) is 1. The summed E-state index contributed by atoms with van der Waals surface area (Å²) < 4.78 is 0.731. The summed E-state index contributed by atoms with van der Waals surface area (Å²) in [5, 5.41) is 8.52. The van der Waals surface area contributed by atoms with Crippen LogP contribution in [0.5, 0.6) is 0 Å². The predicted molar refractivity (Wildman–Crippen MR) is 39.6 cm³/mol. The maximum Gasteiger partial charge on any atom is 0.359 e. The molecule has 1 fully saturated rings. The third-order valence-electron chi connectivity index (χ3n) is 2.16. The van der Waals surface area contributed by atoms with Crippen LogP contribution < -0.4 is 0 Å². The smallest absolute Gasteiger partial charge is 0.359 e. The van der Waals surface area contributed by atoms with E-state index in [4.69, 9.17) is 5.11 Å². The Bertz CT molecular complexity index is 141. The maximum absolute atomic E-state index is 10.3. The number of carboxylic acid groups (broad SMARTS) is 1. The first kappa shape index (κ1) is 10.4. The zero-order valence-electron chi connectivity index (χ0n) is 6.79. The minimum atomic E-state index is -0.676. The van der Waals surface area contributed by atoms with E-state index in [0.29, 0.717) is 6.54 Å². The molecule has 2 N–H and O–H groups in total. The van der Waals surface area contributed by atoms with E-state index in [1.165, 1.54) is 12.8 Å². The van der Waals surface area contributed by atoms with Crippen LogP contribution in [0.1, 0.15) is 12.8 Å². The zero-order chi connectivity index (χ0) is 7.61. The lowest BCUT2D eigenvalue weighted by Crippen LogP contribution is -2.44. The third kappa shape index (κ3) is 2.86. The number of rotatable bonds is 2. The first-order valence-electron chi connectivity index (χ1n) is 3.68. The highest BCUT2D eigenvalue weighted by Crippen LogP contribution is 2.14. The first-order chi connectivity index (χ1) is 4.62. The monoisotopic (exact) mass is 161 g/mol. The molecule has 0 atom stereocenters. The number of quaternary nitrogens is 1. The lowest BCUT2D eigenvalue weighted by Gasteiger charge is -2.26. The molecule has 0 bridgehead atoms. The van der Waals surface area contributed by atoms with Gasteiger partial charge in [-0.1, -0.05) is 0 Å². The van der Waals surface area contributed by atoms with Crippen LogP contribution in [-0.2, 0) is 4.79 Å². The molecule has 4 heteroatoms. The van der Waals surface area contributed by atoms with Crippen LogP contribution in [0.25, 0.3) is 0 Å². The fraction of sp³-hybridized carbons (Fsp3) is 0.857. The van der Waals surface area contributed by atoms with E-state index in [-0.39, 0.29) is 5.48 Å². The van der Waals surface area contributed by atoms with Crippen LogP contribution in [0.15, 0.2) is 0 Å². The van der Waals surface area contributed by atoms with Crippen LogP contribution in [0.3, 0.4) is 0 Å². The Morgan fingerprint density at radius 2 is 1.91 bits per heavy atom. The van der Waals surface area contributed by atoms with Gasteiger partial charge in [0.25, 0.3) is 0 Å². The summed E-state index contributed by atoms with van der Waals surface area (Å²) in [5.74, 6) is -0.676. The second-order valence-corrected chi connectivity index (χ2v) is 3.33. The van der Waals surface area contributed by atoms with Gasteiger partial charge in [0.05, 0.1) is 20.1 Å². The number of carboxylic acids is 1. The Labute approximate surface area is 66.3 Å². The Balaban J connectivity index is 0.000001000. The van der Waals surface area contributed by atoms with Crippen LogP contribution in [-0.4, -0.2) is 47.7 Å². The fourth-order valence-corrected chi connectivity index (χ4v) is 1.58. The van der Waals surface area contributed by atoms with E-state index in [1.54, 1.807) is 0 Å². The number of aliphatic carboxylic acids is 1. The van der Waals surface area contributed by atoms with Crippen LogP contribution >= 0.6 is 0 Å². The van der Waals surface area contributed by atoms with Gasteiger partial charge in [0.1, 0.15) is 0 Å².